The molecule has 0 aromatic carbocycles. The van der Waals surface area contributed by atoms with Gasteiger partial charge in [-0.15, -0.1) is 0 Å². The Morgan fingerprint density at radius 3 is 2.73 bits per heavy atom. The zero-order chi connectivity index (χ0) is 15.7. The van der Waals surface area contributed by atoms with Gasteiger partial charge in [0.05, 0.1) is 0 Å². The van der Waals surface area contributed by atoms with Crippen LogP contribution < -0.4 is 5.32 Å². The summed E-state index contributed by atoms with van der Waals surface area (Å²) in [6, 6.07) is -0.404. The van der Waals surface area contributed by atoms with Crippen LogP contribution in [0.5, 0.6) is 0 Å². The third kappa shape index (κ3) is 2.59. The zero-order valence-electron chi connectivity index (χ0n) is 13.0. The third-order valence-corrected chi connectivity index (χ3v) is 6.10. The predicted octanol–water partition coefficient (Wildman–Crippen LogP) is 1.06. The Labute approximate surface area is 135 Å². The van der Waals surface area contributed by atoms with Gasteiger partial charge in [0.2, 0.25) is 5.91 Å². The maximum atomic E-state index is 12.8. The number of amides is 4. The van der Waals surface area contributed by atoms with Crippen molar-refractivity contribution in [1.29, 1.82) is 0 Å². The standard InChI is InChI=1S/C15H23N3O3S/c1-11-4-2-3-5-15(11)13(20)18(14(21)16-15)10-12(19)17-6-8-22-9-7-17/h11H,2-10H2,1H3,(H,16,21)/t11-,15+/m0/s1. The number of carbonyl (C=O) groups excluding carboxylic acids is 3. The summed E-state index contributed by atoms with van der Waals surface area (Å²) in [5.74, 6) is 1.65. The van der Waals surface area contributed by atoms with E-state index in [1.54, 1.807) is 4.90 Å². The molecule has 0 bridgehead atoms. The second kappa shape index (κ2) is 6.10. The Bertz CT molecular complexity index is 492. The molecule has 0 aromatic heterocycles. The van der Waals surface area contributed by atoms with E-state index in [1.165, 1.54) is 0 Å². The van der Waals surface area contributed by atoms with Gasteiger partial charge in [-0.05, 0) is 18.8 Å². The lowest BCUT2D eigenvalue weighted by atomic mass is 9.73. The van der Waals surface area contributed by atoms with Crippen molar-refractivity contribution < 1.29 is 14.4 Å². The van der Waals surface area contributed by atoms with Crippen molar-refractivity contribution in [2.75, 3.05) is 31.1 Å². The molecule has 1 spiro atoms. The van der Waals surface area contributed by atoms with Crippen LogP contribution in [0.3, 0.4) is 0 Å². The molecule has 0 radical (unpaired) electrons. The predicted molar refractivity (Wildman–Crippen MR) is 84.5 cm³/mol. The van der Waals surface area contributed by atoms with E-state index in [4.69, 9.17) is 0 Å². The van der Waals surface area contributed by atoms with E-state index in [1.807, 2.05) is 18.7 Å². The quantitative estimate of drug-likeness (QED) is 0.771. The van der Waals surface area contributed by atoms with E-state index in [0.29, 0.717) is 19.5 Å². The summed E-state index contributed by atoms with van der Waals surface area (Å²) in [4.78, 5) is 40.3. The molecule has 3 rings (SSSR count). The lowest BCUT2D eigenvalue weighted by molar-refractivity contribution is -0.140. The van der Waals surface area contributed by atoms with E-state index in [0.717, 1.165) is 35.7 Å². The van der Waals surface area contributed by atoms with Crippen molar-refractivity contribution in [2.45, 2.75) is 38.1 Å². The molecule has 1 N–H and O–H groups in total. The Hall–Kier alpha value is -1.24. The molecule has 6 nitrogen and oxygen atoms in total. The van der Waals surface area contributed by atoms with Crippen molar-refractivity contribution in [1.82, 2.24) is 15.1 Å². The highest BCUT2D eigenvalue weighted by Gasteiger charge is 2.55. The van der Waals surface area contributed by atoms with Crippen LogP contribution in [0.1, 0.15) is 32.6 Å². The molecule has 1 saturated carbocycles. The van der Waals surface area contributed by atoms with Crippen molar-refractivity contribution in [3.05, 3.63) is 0 Å². The molecule has 122 valence electrons. The van der Waals surface area contributed by atoms with E-state index in [-0.39, 0.29) is 24.3 Å². The number of urea groups is 1. The number of carbonyl (C=O) groups is 3. The van der Waals surface area contributed by atoms with Crippen LogP contribution in [-0.4, -0.2) is 64.3 Å². The van der Waals surface area contributed by atoms with Crippen molar-refractivity contribution >= 4 is 29.6 Å². The van der Waals surface area contributed by atoms with Gasteiger partial charge in [0.25, 0.3) is 5.91 Å². The fourth-order valence-electron chi connectivity index (χ4n) is 3.69. The van der Waals surface area contributed by atoms with Crippen LogP contribution in [0.25, 0.3) is 0 Å². The summed E-state index contributed by atoms with van der Waals surface area (Å²) in [5, 5.41) is 2.89. The van der Waals surface area contributed by atoms with Crippen LogP contribution in [0, 0.1) is 5.92 Å². The SMILES string of the molecule is C[C@H]1CCCC[C@@]12NC(=O)N(CC(=O)N1CCSCC1)C2=O. The van der Waals surface area contributed by atoms with E-state index in [9.17, 15) is 14.4 Å². The molecule has 1 aliphatic carbocycles. The Kier molecular flexibility index (Phi) is 4.34. The molecule has 2 heterocycles. The summed E-state index contributed by atoms with van der Waals surface area (Å²) in [6.45, 7) is 3.30. The molecule has 0 unspecified atom stereocenters. The van der Waals surface area contributed by atoms with Gasteiger partial charge >= 0.3 is 6.03 Å². The highest BCUT2D eigenvalue weighted by molar-refractivity contribution is 7.99. The normalized spacial score (nSPS) is 32.5. The van der Waals surface area contributed by atoms with Crippen molar-refractivity contribution in [3.8, 4) is 0 Å². The average molecular weight is 325 g/mol. The number of nitrogens with zero attached hydrogens (tertiary/aromatic N) is 2. The monoisotopic (exact) mass is 325 g/mol. The van der Waals surface area contributed by atoms with E-state index < -0.39 is 11.6 Å². The summed E-state index contributed by atoms with van der Waals surface area (Å²) in [7, 11) is 0. The summed E-state index contributed by atoms with van der Waals surface area (Å²) in [5.41, 5.74) is -0.770. The van der Waals surface area contributed by atoms with Crippen LogP contribution >= 0.6 is 11.8 Å². The van der Waals surface area contributed by atoms with E-state index in [2.05, 4.69) is 5.32 Å². The van der Waals surface area contributed by atoms with Crippen LogP contribution in [0.4, 0.5) is 4.79 Å². The topological polar surface area (TPSA) is 69.7 Å². The maximum Gasteiger partial charge on any atom is 0.325 e. The third-order valence-electron chi connectivity index (χ3n) is 5.16. The number of imide groups is 1. The first-order chi connectivity index (χ1) is 10.5. The van der Waals surface area contributed by atoms with Gasteiger partial charge in [-0.1, -0.05) is 19.8 Å². The van der Waals surface area contributed by atoms with Gasteiger partial charge in [0.15, 0.2) is 0 Å². The average Bonchev–Trinajstić information content (AvgIpc) is 2.76. The van der Waals surface area contributed by atoms with Crippen LogP contribution in [-0.2, 0) is 9.59 Å². The highest BCUT2D eigenvalue weighted by atomic mass is 32.2. The molecule has 2 saturated heterocycles. The minimum atomic E-state index is -0.770. The Balaban J connectivity index is 1.70. The number of hydrogen-bond acceptors (Lipinski definition) is 4. The summed E-state index contributed by atoms with van der Waals surface area (Å²) in [6.07, 6.45) is 3.67. The number of thioether (sulfide) groups is 1. The van der Waals surface area contributed by atoms with Gasteiger partial charge < -0.3 is 10.2 Å². The number of nitrogens with one attached hydrogen (secondary N) is 1. The maximum absolute atomic E-state index is 12.8. The first kappa shape index (κ1) is 15.6. The first-order valence-corrected chi connectivity index (χ1v) is 9.20. The highest BCUT2D eigenvalue weighted by Crippen LogP contribution is 2.38. The minimum absolute atomic E-state index is 0.121. The Morgan fingerprint density at radius 2 is 2.05 bits per heavy atom. The van der Waals surface area contributed by atoms with Gasteiger partial charge in [-0.25, -0.2) is 4.79 Å². The zero-order valence-corrected chi connectivity index (χ0v) is 13.8. The molecule has 3 fully saturated rings. The van der Waals surface area contributed by atoms with Crippen LogP contribution in [0.2, 0.25) is 0 Å². The fraction of sp³-hybridized carbons (Fsp3) is 0.800. The second-order valence-electron chi connectivity index (χ2n) is 6.43. The Morgan fingerprint density at radius 1 is 1.32 bits per heavy atom. The summed E-state index contributed by atoms with van der Waals surface area (Å²) >= 11 is 1.82. The van der Waals surface area contributed by atoms with Gasteiger partial charge in [0, 0.05) is 24.6 Å². The smallest absolute Gasteiger partial charge is 0.325 e. The van der Waals surface area contributed by atoms with Crippen molar-refractivity contribution in [3.63, 3.8) is 0 Å². The molecule has 7 heteroatoms. The molecular formula is C15H23N3O3S. The molecular weight excluding hydrogens is 302 g/mol. The van der Waals surface area contributed by atoms with Crippen molar-refractivity contribution in [2.24, 2.45) is 5.92 Å². The van der Waals surface area contributed by atoms with Crippen LogP contribution in [0.15, 0.2) is 0 Å². The molecule has 4 amide bonds. The summed E-state index contributed by atoms with van der Waals surface area (Å²) < 4.78 is 0. The second-order valence-corrected chi connectivity index (χ2v) is 7.66. The molecule has 3 aliphatic rings. The largest absolute Gasteiger partial charge is 0.339 e. The first-order valence-electron chi connectivity index (χ1n) is 8.04. The van der Waals surface area contributed by atoms with Gasteiger partial charge in [0.1, 0.15) is 12.1 Å². The number of rotatable bonds is 2. The molecule has 2 atom stereocenters. The number of hydrogen-bond donors (Lipinski definition) is 1. The fourth-order valence-corrected chi connectivity index (χ4v) is 4.59. The van der Waals surface area contributed by atoms with E-state index >= 15 is 0 Å². The molecule has 2 aliphatic heterocycles. The van der Waals surface area contributed by atoms with Gasteiger partial charge in [-0.3, -0.25) is 14.5 Å². The molecule has 0 aromatic rings. The molecule has 22 heavy (non-hydrogen) atoms. The lowest BCUT2D eigenvalue weighted by Gasteiger charge is -2.37. The lowest BCUT2D eigenvalue weighted by Crippen LogP contribution is -2.54. The van der Waals surface area contributed by atoms with Gasteiger partial charge in [-0.2, -0.15) is 11.8 Å². The minimum Gasteiger partial charge on any atom is -0.339 e.